The molecule has 0 radical (unpaired) electrons. The van der Waals surface area contributed by atoms with E-state index in [1.807, 2.05) is 69.2 Å². The van der Waals surface area contributed by atoms with E-state index in [9.17, 15) is 9.59 Å². The number of nitriles is 1. The van der Waals surface area contributed by atoms with Gasteiger partial charge in [-0.05, 0) is 62.8 Å². The number of benzene rings is 3. The standard InChI is InChI=1S/C33H35N3O4/c1-5-19-39-28-8-6-7-27(20-28)30-29(31(37)26-15-9-23(2)10-16-26)32(33(38)36(30)18-17-35(3)4)40-22-25-13-11-24(21-34)12-14-25/h6-16,20,30H,5,17-19,22H2,1-4H3/t30-/m1/s1. The molecule has 0 saturated heterocycles. The van der Waals surface area contributed by atoms with Crippen molar-refractivity contribution in [1.29, 1.82) is 5.26 Å². The highest BCUT2D eigenvalue weighted by molar-refractivity contribution is 6.16. The Labute approximate surface area is 236 Å². The van der Waals surface area contributed by atoms with E-state index in [0.717, 1.165) is 23.1 Å². The molecule has 0 fully saturated rings. The van der Waals surface area contributed by atoms with Crippen molar-refractivity contribution in [2.75, 3.05) is 33.8 Å². The van der Waals surface area contributed by atoms with Crippen LogP contribution in [0.5, 0.6) is 5.75 Å². The largest absolute Gasteiger partial charge is 0.494 e. The molecule has 0 bridgehead atoms. The molecule has 7 heteroatoms. The van der Waals surface area contributed by atoms with Crippen LogP contribution in [0.1, 0.15) is 52.0 Å². The summed E-state index contributed by atoms with van der Waals surface area (Å²) in [5.74, 6) is 0.170. The number of carbonyl (C=O) groups excluding carboxylic acids is 2. The lowest BCUT2D eigenvalue weighted by atomic mass is 9.92. The van der Waals surface area contributed by atoms with Crippen LogP contribution < -0.4 is 4.74 Å². The molecule has 7 nitrogen and oxygen atoms in total. The molecular formula is C33H35N3O4. The summed E-state index contributed by atoms with van der Waals surface area (Å²) in [7, 11) is 3.89. The molecule has 0 unspecified atom stereocenters. The fourth-order valence-electron chi connectivity index (χ4n) is 4.58. The van der Waals surface area contributed by atoms with Crippen LogP contribution in [0.3, 0.4) is 0 Å². The average molecular weight is 538 g/mol. The zero-order valence-corrected chi connectivity index (χ0v) is 23.5. The van der Waals surface area contributed by atoms with Crippen LogP contribution in [0.2, 0.25) is 0 Å². The fraction of sp³-hybridized carbons (Fsp3) is 0.303. The summed E-state index contributed by atoms with van der Waals surface area (Å²) in [5, 5.41) is 9.12. The lowest BCUT2D eigenvalue weighted by Gasteiger charge is -2.28. The molecular weight excluding hydrogens is 502 g/mol. The summed E-state index contributed by atoms with van der Waals surface area (Å²) < 4.78 is 12.1. The van der Waals surface area contributed by atoms with E-state index in [1.54, 1.807) is 41.3 Å². The first-order chi connectivity index (χ1) is 19.3. The van der Waals surface area contributed by atoms with Crippen molar-refractivity contribution >= 4 is 11.7 Å². The Hall–Kier alpha value is -4.41. The van der Waals surface area contributed by atoms with Crippen LogP contribution >= 0.6 is 0 Å². The number of ketones is 1. The zero-order valence-electron chi connectivity index (χ0n) is 23.5. The molecule has 3 aromatic rings. The lowest BCUT2D eigenvalue weighted by molar-refractivity contribution is -0.130. The Balaban J connectivity index is 1.81. The number of carbonyl (C=O) groups is 2. The van der Waals surface area contributed by atoms with Gasteiger partial charge in [0.1, 0.15) is 12.4 Å². The van der Waals surface area contributed by atoms with Gasteiger partial charge in [0.25, 0.3) is 5.91 Å². The Morgan fingerprint density at radius 2 is 1.75 bits per heavy atom. The topological polar surface area (TPSA) is 82.9 Å². The SMILES string of the molecule is CCCOc1cccc([C@@H]2C(C(=O)c3ccc(C)cc3)=C(OCc3ccc(C#N)cc3)C(=O)N2CCN(C)C)c1. The van der Waals surface area contributed by atoms with Crippen molar-refractivity contribution in [2.24, 2.45) is 0 Å². The van der Waals surface area contributed by atoms with Crippen LogP contribution in [-0.2, 0) is 16.1 Å². The number of hydrogen-bond donors (Lipinski definition) is 0. The molecule has 0 aliphatic carbocycles. The van der Waals surface area contributed by atoms with E-state index in [0.29, 0.717) is 42.1 Å². The van der Waals surface area contributed by atoms with E-state index in [1.165, 1.54) is 0 Å². The van der Waals surface area contributed by atoms with Gasteiger partial charge in [0, 0.05) is 18.7 Å². The van der Waals surface area contributed by atoms with Gasteiger partial charge < -0.3 is 19.3 Å². The zero-order chi connectivity index (χ0) is 28.6. The number of likely N-dealkylation sites (N-methyl/N-ethyl adjacent to an activating group) is 1. The second-order valence-corrected chi connectivity index (χ2v) is 10.2. The van der Waals surface area contributed by atoms with E-state index >= 15 is 0 Å². The average Bonchev–Trinajstić information content (AvgIpc) is 3.25. The molecule has 0 aromatic heterocycles. The van der Waals surface area contributed by atoms with Crippen molar-refractivity contribution in [3.05, 3.63) is 112 Å². The predicted molar refractivity (Wildman–Crippen MR) is 154 cm³/mol. The van der Waals surface area contributed by atoms with E-state index in [-0.39, 0.29) is 24.1 Å². The van der Waals surface area contributed by atoms with Crippen LogP contribution in [0, 0.1) is 18.3 Å². The van der Waals surface area contributed by atoms with Gasteiger partial charge in [-0.25, -0.2) is 0 Å². The van der Waals surface area contributed by atoms with Gasteiger partial charge in [0.05, 0.1) is 29.9 Å². The maximum absolute atomic E-state index is 14.1. The number of amides is 1. The molecule has 3 aromatic carbocycles. The van der Waals surface area contributed by atoms with Gasteiger partial charge in [-0.3, -0.25) is 9.59 Å². The number of Topliss-reactive ketones (excluding diaryl/α,β-unsaturated/α-hetero) is 1. The summed E-state index contributed by atoms with van der Waals surface area (Å²) in [6.45, 7) is 5.69. The third kappa shape index (κ3) is 6.59. The molecule has 1 heterocycles. The summed E-state index contributed by atoms with van der Waals surface area (Å²) in [6, 6.07) is 23.4. The third-order valence-electron chi connectivity index (χ3n) is 6.74. The first-order valence-electron chi connectivity index (χ1n) is 13.5. The first kappa shape index (κ1) is 28.6. The Kier molecular flexibility index (Phi) is 9.36. The highest BCUT2D eigenvalue weighted by Crippen LogP contribution is 2.41. The summed E-state index contributed by atoms with van der Waals surface area (Å²) >= 11 is 0. The highest BCUT2D eigenvalue weighted by atomic mass is 16.5. The summed E-state index contributed by atoms with van der Waals surface area (Å²) in [5.41, 5.74) is 3.96. The molecule has 40 heavy (non-hydrogen) atoms. The van der Waals surface area contributed by atoms with E-state index in [2.05, 4.69) is 6.07 Å². The van der Waals surface area contributed by atoms with Crippen molar-refractivity contribution in [1.82, 2.24) is 9.80 Å². The molecule has 0 saturated carbocycles. The van der Waals surface area contributed by atoms with E-state index < -0.39 is 6.04 Å². The second kappa shape index (κ2) is 13.1. The van der Waals surface area contributed by atoms with Crippen molar-refractivity contribution < 1.29 is 19.1 Å². The Morgan fingerprint density at radius 1 is 1.02 bits per heavy atom. The summed E-state index contributed by atoms with van der Waals surface area (Å²) in [4.78, 5) is 31.8. The molecule has 1 atom stereocenters. The van der Waals surface area contributed by atoms with Crippen molar-refractivity contribution in [3.8, 4) is 11.8 Å². The van der Waals surface area contributed by atoms with Gasteiger partial charge in [-0.1, -0.05) is 61.0 Å². The first-order valence-corrected chi connectivity index (χ1v) is 13.5. The van der Waals surface area contributed by atoms with Crippen LogP contribution in [0.15, 0.2) is 84.1 Å². The molecule has 1 aliphatic heterocycles. The molecule has 1 amide bonds. The lowest BCUT2D eigenvalue weighted by Crippen LogP contribution is -2.36. The van der Waals surface area contributed by atoms with Crippen molar-refractivity contribution in [3.63, 3.8) is 0 Å². The van der Waals surface area contributed by atoms with Gasteiger partial charge >= 0.3 is 0 Å². The minimum Gasteiger partial charge on any atom is -0.494 e. The van der Waals surface area contributed by atoms with Crippen LogP contribution in [0.4, 0.5) is 0 Å². The second-order valence-electron chi connectivity index (χ2n) is 10.2. The van der Waals surface area contributed by atoms with E-state index in [4.69, 9.17) is 14.7 Å². The smallest absolute Gasteiger partial charge is 0.290 e. The van der Waals surface area contributed by atoms with Crippen LogP contribution in [-0.4, -0.2) is 55.3 Å². The van der Waals surface area contributed by atoms with Gasteiger partial charge in [0.15, 0.2) is 11.5 Å². The van der Waals surface area contributed by atoms with Gasteiger partial charge in [-0.2, -0.15) is 5.26 Å². The van der Waals surface area contributed by atoms with Gasteiger partial charge in [0.2, 0.25) is 0 Å². The predicted octanol–water partition coefficient (Wildman–Crippen LogP) is 5.45. The van der Waals surface area contributed by atoms with Gasteiger partial charge in [-0.15, -0.1) is 0 Å². The monoisotopic (exact) mass is 537 g/mol. The number of nitrogens with zero attached hydrogens (tertiary/aromatic N) is 3. The van der Waals surface area contributed by atoms with Crippen LogP contribution in [0.25, 0.3) is 0 Å². The fourth-order valence-corrected chi connectivity index (χ4v) is 4.58. The molecule has 1 aliphatic rings. The quantitative estimate of drug-likeness (QED) is 0.286. The number of rotatable bonds is 12. The number of hydrogen-bond acceptors (Lipinski definition) is 6. The minimum absolute atomic E-state index is 0.0542. The Bertz CT molecular complexity index is 1420. The molecule has 0 N–H and O–H groups in total. The third-order valence-corrected chi connectivity index (χ3v) is 6.74. The molecule has 4 rings (SSSR count). The molecule has 206 valence electrons. The highest BCUT2D eigenvalue weighted by Gasteiger charge is 2.44. The number of aryl methyl sites for hydroxylation is 1. The number of ether oxygens (including phenoxy) is 2. The van der Waals surface area contributed by atoms with Crippen molar-refractivity contribution in [2.45, 2.75) is 32.9 Å². The maximum Gasteiger partial charge on any atom is 0.290 e. The normalized spacial score (nSPS) is 14.9. The minimum atomic E-state index is -0.637. The maximum atomic E-state index is 14.1. The Morgan fingerprint density at radius 3 is 2.40 bits per heavy atom. The molecule has 0 spiro atoms. The summed E-state index contributed by atoms with van der Waals surface area (Å²) in [6.07, 6.45) is 0.867.